The van der Waals surface area contributed by atoms with E-state index in [1.165, 1.54) is 19.2 Å². The van der Waals surface area contributed by atoms with Gasteiger partial charge in [0.05, 0.1) is 5.02 Å². The van der Waals surface area contributed by atoms with Crippen LogP contribution < -0.4 is 10.1 Å². The van der Waals surface area contributed by atoms with Crippen LogP contribution in [0.5, 0.6) is 5.75 Å². The fourth-order valence-corrected chi connectivity index (χ4v) is 2.30. The average Bonchev–Trinajstić information content (AvgIpc) is 3.18. The molecule has 0 spiro atoms. The maximum absolute atomic E-state index is 12.2. The summed E-state index contributed by atoms with van der Waals surface area (Å²) in [6.45, 7) is 1.61. The largest absolute Gasteiger partial charge is 0.486 e. The molecule has 144 valence electrons. The van der Waals surface area contributed by atoms with E-state index in [1.807, 2.05) is 30.3 Å². The van der Waals surface area contributed by atoms with Gasteiger partial charge in [-0.3, -0.25) is 4.79 Å². The number of ether oxygens (including phenoxy) is 2. The molecule has 8 heteroatoms. The van der Waals surface area contributed by atoms with E-state index in [2.05, 4.69) is 10.3 Å². The van der Waals surface area contributed by atoms with Gasteiger partial charge in [0, 0.05) is 6.20 Å². The number of nitrogens with one attached hydrogen (secondary N) is 1. The van der Waals surface area contributed by atoms with Gasteiger partial charge in [-0.1, -0.05) is 29.8 Å². The van der Waals surface area contributed by atoms with Crippen LogP contribution in [0.3, 0.4) is 0 Å². The monoisotopic (exact) mass is 400 g/mol. The maximum Gasteiger partial charge on any atom is 0.375 e. The first kappa shape index (κ1) is 19.4. The molecule has 0 aliphatic heterocycles. The predicted octanol–water partition coefficient (Wildman–Crippen LogP) is 4.09. The number of benzene rings is 1. The van der Waals surface area contributed by atoms with Crippen molar-refractivity contribution in [2.45, 2.75) is 19.6 Å². The molecule has 1 N–H and O–H groups in total. The van der Waals surface area contributed by atoms with E-state index in [1.54, 1.807) is 18.2 Å². The number of pyridine rings is 1. The Balaban J connectivity index is 1.51. The van der Waals surface area contributed by atoms with Gasteiger partial charge >= 0.3 is 5.97 Å². The number of amides is 1. The Hall–Kier alpha value is -3.32. The standard InChI is InChI=1S/C20H17ClN2O5/c1-13(19(24)23-18-10-7-14(21)11-22-18)27-20(25)17-9-8-16(28-17)12-26-15-5-3-2-4-6-15/h2-11,13H,12H2,1H3,(H,22,23,24)/t13-/m0/s1. The second-order valence-electron chi connectivity index (χ2n) is 5.77. The topological polar surface area (TPSA) is 90.7 Å². The van der Waals surface area contributed by atoms with E-state index >= 15 is 0 Å². The van der Waals surface area contributed by atoms with Gasteiger partial charge in [-0.05, 0) is 43.3 Å². The van der Waals surface area contributed by atoms with E-state index in [0.29, 0.717) is 22.4 Å². The molecule has 0 saturated carbocycles. The number of esters is 1. The van der Waals surface area contributed by atoms with Crippen LogP contribution >= 0.6 is 11.6 Å². The molecule has 1 amide bonds. The van der Waals surface area contributed by atoms with E-state index in [-0.39, 0.29) is 12.4 Å². The number of hydrogen-bond acceptors (Lipinski definition) is 6. The highest BCUT2D eigenvalue weighted by molar-refractivity contribution is 6.30. The van der Waals surface area contributed by atoms with Gasteiger partial charge in [-0.15, -0.1) is 0 Å². The van der Waals surface area contributed by atoms with Crippen molar-refractivity contribution in [2.24, 2.45) is 0 Å². The number of anilines is 1. The minimum atomic E-state index is -1.04. The minimum Gasteiger partial charge on any atom is -0.486 e. The molecule has 0 unspecified atom stereocenters. The van der Waals surface area contributed by atoms with Crippen LogP contribution in [0.4, 0.5) is 5.82 Å². The van der Waals surface area contributed by atoms with Crippen molar-refractivity contribution in [3.8, 4) is 5.75 Å². The first-order valence-electron chi connectivity index (χ1n) is 8.41. The zero-order valence-electron chi connectivity index (χ0n) is 14.9. The summed E-state index contributed by atoms with van der Waals surface area (Å²) in [6, 6.07) is 15.4. The van der Waals surface area contributed by atoms with Crippen molar-refractivity contribution >= 4 is 29.3 Å². The molecule has 2 heterocycles. The fraction of sp³-hybridized carbons (Fsp3) is 0.150. The third kappa shape index (κ3) is 5.34. The molecule has 0 radical (unpaired) electrons. The molecule has 0 fully saturated rings. The second-order valence-corrected chi connectivity index (χ2v) is 6.20. The van der Waals surface area contributed by atoms with E-state index in [9.17, 15) is 9.59 Å². The molecular formula is C20H17ClN2O5. The van der Waals surface area contributed by atoms with Gasteiger partial charge in [-0.25, -0.2) is 9.78 Å². The Morgan fingerprint density at radius 2 is 1.93 bits per heavy atom. The number of carbonyl (C=O) groups excluding carboxylic acids is 2. The molecule has 0 saturated heterocycles. The first-order chi connectivity index (χ1) is 13.5. The number of para-hydroxylation sites is 1. The predicted molar refractivity (Wildman–Crippen MR) is 102 cm³/mol. The number of nitrogens with zero attached hydrogens (tertiary/aromatic N) is 1. The van der Waals surface area contributed by atoms with E-state index < -0.39 is 18.0 Å². The summed E-state index contributed by atoms with van der Waals surface area (Å²) in [5.74, 6) is 0.147. The summed E-state index contributed by atoms with van der Waals surface area (Å²) >= 11 is 5.74. The van der Waals surface area contributed by atoms with Crippen LogP contribution in [0.15, 0.2) is 65.2 Å². The average molecular weight is 401 g/mol. The van der Waals surface area contributed by atoms with Crippen LogP contribution in [0.25, 0.3) is 0 Å². The Morgan fingerprint density at radius 3 is 2.64 bits per heavy atom. The molecule has 0 aliphatic rings. The molecule has 7 nitrogen and oxygen atoms in total. The van der Waals surface area contributed by atoms with Gasteiger partial charge in [-0.2, -0.15) is 0 Å². The number of rotatable bonds is 7. The summed E-state index contributed by atoms with van der Waals surface area (Å²) in [7, 11) is 0. The molecule has 3 rings (SSSR count). The van der Waals surface area contributed by atoms with Crippen molar-refractivity contribution < 1.29 is 23.5 Å². The number of hydrogen-bond donors (Lipinski definition) is 1. The Labute approximate surface area is 166 Å². The molecule has 1 aromatic carbocycles. The molecule has 0 aliphatic carbocycles. The Bertz CT molecular complexity index is 941. The zero-order valence-corrected chi connectivity index (χ0v) is 15.7. The molecule has 1 atom stereocenters. The number of carbonyl (C=O) groups is 2. The van der Waals surface area contributed by atoms with Gasteiger partial charge in [0.1, 0.15) is 23.9 Å². The maximum atomic E-state index is 12.2. The Morgan fingerprint density at radius 1 is 1.14 bits per heavy atom. The molecule has 3 aromatic rings. The van der Waals surface area contributed by atoms with Crippen molar-refractivity contribution in [1.82, 2.24) is 4.98 Å². The SMILES string of the molecule is C[C@H](OC(=O)c1ccc(COc2ccccc2)o1)C(=O)Nc1ccc(Cl)cn1. The van der Waals surface area contributed by atoms with Crippen LogP contribution in [-0.4, -0.2) is 23.0 Å². The van der Waals surface area contributed by atoms with Crippen molar-refractivity contribution in [3.63, 3.8) is 0 Å². The quantitative estimate of drug-likeness (QED) is 0.600. The fourth-order valence-electron chi connectivity index (χ4n) is 2.19. The molecule has 2 aromatic heterocycles. The van der Waals surface area contributed by atoms with Gasteiger partial charge in [0.2, 0.25) is 5.76 Å². The third-order valence-electron chi connectivity index (χ3n) is 3.62. The lowest BCUT2D eigenvalue weighted by molar-refractivity contribution is -0.123. The van der Waals surface area contributed by atoms with E-state index in [4.69, 9.17) is 25.5 Å². The lowest BCUT2D eigenvalue weighted by Gasteiger charge is -2.12. The molecule has 0 bridgehead atoms. The zero-order chi connectivity index (χ0) is 19.9. The summed E-state index contributed by atoms with van der Waals surface area (Å²) in [6.07, 6.45) is 0.356. The van der Waals surface area contributed by atoms with Crippen molar-refractivity contribution in [2.75, 3.05) is 5.32 Å². The number of aromatic nitrogens is 1. The van der Waals surface area contributed by atoms with E-state index in [0.717, 1.165) is 0 Å². The van der Waals surface area contributed by atoms with Gasteiger partial charge in [0.15, 0.2) is 6.10 Å². The highest BCUT2D eigenvalue weighted by Gasteiger charge is 2.21. The minimum absolute atomic E-state index is 0.0177. The summed E-state index contributed by atoms with van der Waals surface area (Å²) in [5.41, 5.74) is 0. The highest BCUT2D eigenvalue weighted by Crippen LogP contribution is 2.15. The van der Waals surface area contributed by atoms with Crippen LogP contribution in [0, 0.1) is 0 Å². The Kier molecular flexibility index (Phi) is 6.29. The van der Waals surface area contributed by atoms with Crippen LogP contribution in [0.2, 0.25) is 5.02 Å². The molecule has 28 heavy (non-hydrogen) atoms. The van der Waals surface area contributed by atoms with Gasteiger partial charge in [0.25, 0.3) is 5.91 Å². The highest BCUT2D eigenvalue weighted by atomic mass is 35.5. The summed E-state index contributed by atoms with van der Waals surface area (Å²) in [5, 5.41) is 2.98. The van der Waals surface area contributed by atoms with Gasteiger partial charge < -0.3 is 19.2 Å². The van der Waals surface area contributed by atoms with Crippen molar-refractivity contribution in [1.29, 1.82) is 0 Å². The molecular weight excluding hydrogens is 384 g/mol. The second kappa shape index (κ2) is 9.05. The lowest BCUT2D eigenvalue weighted by Crippen LogP contribution is -2.30. The normalized spacial score (nSPS) is 11.5. The number of halogens is 1. The van der Waals surface area contributed by atoms with Crippen molar-refractivity contribution in [3.05, 3.63) is 77.3 Å². The number of furan rings is 1. The van der Waals surface area contributed by atoms with Crippen LogP contribution in [0.1, 0.15) is 23.2 Å². The lowest BCUT2D eigenvalue weighted by atomic mass is 10.3. The summed E-state index contributed by atoms with van der Waals surface area (Å²) < 4.78 is 16.1. The smallest absolute Gasteiger partial charge is 0.375 e. The summed E-state index contributed by atoms with van der Waals surface area (Å²) in [4.78, 5) is 28.2. The first-order valence-corrected chi connectivity index (χ1v) is 8.79. The van der Waals surface area contributed by atoms with Crippen LogP contribution in [-0.2, 0) is 16.1 Å². The third-order valence-corrected chi connectivity index (χ3v) is 3.84.